The van der Waals surface area contributed by atoms with Crippen LogP contribution in [0, 0.1) is 5.92 Å². The van der Waals surface area contributed by atoms with E-state index in [0.29, 0.717) is 5.75 Å². The fourth-order valence-corrected chi connectivity index (χ4v) is 1.59. The highest BCUT2D eigenvalue weighted by Crippen LogP contribution is 2.14. The minimum Gasteiger partial charge on any atom is -0.396 e. The Morgan fingerprint density at radius 1 is 1.50 bits per heavy atom. The summed E-state index contributed by atoms with van der Waals surface area (Å²) in [5.74, 6) is 0.417. The number of aliphatic hydroxyl groups excluding tert-OH is 1. The molecule has 82 valence electrons. The van der Waals surface area contributed by atoms with Crippen LogP contribution in [-0.2, 0) is 4.79 Å². The number of nitrogens with one attached hydrogen (secondary N) is 1. The molecular weight excluding hydrogens is 204 g/mol. The summed E-state index contributed by atoms with van der Waals surface area (Å²) < 4.78 is 0. The molecule has 0 aliphatic rings. The molecule has 0 aliphatic carbocycles. The SMILES string of the molecule is CC(CO)CSC(C)C(=O)NC(N)=O. The van der Waals surface area contributed by atoms with Crippen LogP contribution >= 0.6 is 11.8 Å². The lowest BCUT2D eigenvalue weighted by molar-refractivity contribution is -0.119. The summed E-state index contributed by atoms with van der Waals surface area (Å²) in [7, 11) is 0. The molecule has 2 atom stereocenters. The third kappa shape index (κ3) is 5.82. The average molecular weight is 220 g/mol. The monoisotopic (exact) mass is 220 g/mol. The zero-order chi connectivity index (χ0) is 11.1. The Kier molecular flexibility index (Phi) is 6.31. The van der Waals surface area contributed by atoms with Gasteiger partial charge in [0.15, 0.2) is 0 Å². The molecule has 2 unspecified atom stereocenters. The summed E-state index contributed by atoms with van der Waals surface area (Å²) in [5.41, 5.74) is 4.79. The van der Waals surface area contributed by atoms with Crippen LogP contribution in [0.2, 0.25) is 0 Å². The number of urea groups is 1. The minimum absolute atomic E-state index is 0.0944. The first-order valence-corrected chi connectivity index (χ1v) is 5.35. The van der Waals surface area contributed by atoms with Crippen molar-refractivity contribution < 1.29 is 14.7 Å². The molecule has 0 rings (SSSR count). The van der Waals surface area contributed by atoms with E-state index >= 15 is 0 Å². The van der Waals surface area contributed by atoms with Gasteiger partial charge in [0.25, 0.3) is 0 Å². The van der Waals surface area contributed by atoms with Crippen LogP contribution in [0.15, 0.2) is 0 Å². The summed E-state index contributed by atoms with van der Waals surface area (Å²) in [6.45, 7) is 3.66. The number of hydrogen-bond donors (Lipinski definition) is 3. The molecule has 5 nitrogen and oxygen atoms in total. The van der Waals surface area contributed by atoms with Crippen molar-refractivity contribution in [3.05, 3.63) is 0 Å². The maximum Gasteiger partial charge on any atom is 0.318 e. The number of carbonyl (C=O) groups is 2. The minimum atomic E-state index is -0.836. The predicted octanol–water partition coefficient (Wildman–Crippen LogP) is -0.0686. The van der Waals surface area contributed by atoms with Crippen molar-refractivity contribution in [1.29, 1.82) is 0 Å². The van der Waals surface area contributed by atoms with Crippen LogP contribution in [-0.4, -0.2) is 34.7 Å². The number of carbonyl (C=O) groups excluding carboxylic acids is 2. The van der Waals surface area contributed by atoms with Gasteiger partial charge in [0.05, 0.1) is 5.25 Å². The van der Waals surface area contributed by atoms with E-state index in [4.69, 9.17) is 10.8 Å². The first-order valence-electron chi connectivity index (χ1n) is 4.30. The lowest BCUT2D eigenvalue weighted by atomic mass is 10.2. The number of nitrogens with two attached hydrogens (primary N) is 1. The van der Waals surface area contributed by atoms with E-state index in [1.165, 1.54) is 11.8 Å². The zero-order valence-electron chi connectivity index (χ0n) is 8.32. The molecule has 3 amide bonds. The van der Waals surface area contributed by atoms with Gasteiger partial charge in [-0.3, -0.25) is 10.1 Å². The van der Waals surface area contributed by atoms with Crippen LogP contribution in [0.3, 0.4) is 0 Å². The molecule has 0 aromatic carbocycles. The molecule has 0 spiro atoms. The quantitative estimate of drug-likeness (QED) is 0.604. The third-order valence-electron chi connectivity index (χ3n) is 1.56. The fraction of sp³-hybridized carbons (Fsp3) is 0.750. The molecular formula is C8H16N2O3S. The van der Waals surface area contributed by atoms with Crippen LogP contribution < -0.4 is 11.1 Å². The molecule has 0 saturated heterocycles. The molecule has 0 aromatic heterocycles. The maximum absolute atomic E-state index is 11.2. The van der Waals surface area contributed by atoms with E-state index < -0.39 is 11.9 Å². The Hall–Kier alpha value is -0.750. The van der Waals surface area contributed by atoms with E-state index in [2.05, 4.69) is 0 Å². The van der Waals surface area contributed by atoms with Gasteiger partial charge in [-0.1, -0.05) is 6.92 Å². The highest BCUT2D eigenvalue weighted by atomic mass is 32.2. The van der Waals surface area contributed by atoms with Gasteiger partial charge in [0.1, 0.15) is 0 Å². The Morgan fingerprint density at radius 3 is 2.50 bits per heavy atom. The lowest BCUT2D eigenvalue weighted by Gasteiger charge is -2.12. The van der Waals surface area contributed by atoms with Crippen LogP contribution in [0.1, 0.15) is 13.8 Å². The molecule has 0 fully saturated rings. The summed E-state index contributed by atoms with van der Waals surface area (Å²) >= 11 is 1.38. The Labute approximate surface area is 87.4 Å². The van der Waals surface area contributed by atoms with Crippen LogP contribution in [0.4, 0.5) is 4.79 Å². The van der Waals surface area contributed by atoms with Crippen molar-refractivity contribution in [2.45, 2.75) is 19.1 Å². The highest BCUT2D eigenvalue weighted by molar-refractivity contribution is 8.00. The van der Waals surface area contributed by atoms with E-state index in [-0.39, 0.29) is 17.8 Å². The molecule has 6 heteroatoms. The van der Waals surface area contributed by atoms with Crippen molar-refractivity contribution in [2.75, 3.05) is 12.4 Å². The van der Waals surface area contributed by atoms with Gasteiger partial charge in [-0.05, 0) is 18.6 Å². The number of amides is 3. The number of aliphatic hydroxyl groups is 1. The number of hydrogen-bond acceptors (Lipinski definition) is 4. The molecule has 0 radical (unpaired) electrons. The van der Waals surface area contributed by atoms with E-state index in [1.807, 2.05) is 12.2 Å². The number of rotatable bonds is 5. The number of primary amides is 1. The molecule has 0 bridgehead atoms. The molecule has 0 aromatic rings. The second kappa shape index (κ2) is 6.67. The highest BCUT2D eigenvalue weighted by Gasteiger charge is 2.15. The van der Waals surface area contributed by atoms with Crippen LogP contribution in [0.5, 0.6) is 0 Å². The van der Waals surface area contributed by atoms with E-state index in [1.54, 1.807) is 6.92 Å². The van der Waals surface area contributed by atoms with Gasteiger partial charge in [0.2, 0.25) is 5.91 Å². The smallest absolute Gasteiger partial charge is 0.318 e. The summed E-state index contributed by atoms with van der Waals surface area (Å²) in [5, 5.41) is 10.4. The average Bonchev–Trinajstić information content (AvgIpc) is 2.12. The van der Waals surface area contributed by atoms with E-state index in [0.717, 1.165) is 0 Å². The van der Waals surface area contributed by atoms with Gasteiger partial charge in [0, 0.05) is 6.61 Å². The topological polar surface area (TPSA) is 92.4 Å². The van der Waals surface area contributed by atoms with Crippen molar-refractivity contribution in [2.24, 2.45) is 11.7 Å². The number of thioether (sulfide) groups is 1. The second-order valence-corrected chi connectivity index (χ2v) is 4.49. The fourth-order valence-electron chi connectivity index (χ4n) is 0.660. The normalized spacial score (nSPS) is 14.5. The van der Waals surface area contributed by atoms with Gasteiger partial charge in [-0.2, -0.15) is 0 Å². The Morgan fingerprint density at radius 2 is 2.07 bits per heavy atom. The first kappa shape index (κ1) is 13.2. The van der Waals surface area contributed by atoms with Gasteiger partial charge in [-0.25, -0.2) is 4.79 Å². The maximum atomic E-state index is 11.2. The lowest BCUT2D eigenvalue weighted by Crippen LogP contribution is -2.39. The van der Waals surface area contributed by atoms with Gasteiger partial charge in [-0.15, -0.1) is 11.8 Å². The molecule has 4 N–H and O–H groups in total. The standard InChI is InChI=1S/C8H16N2O3S/c1-5(3-11)4-14-6(2)7(12)10-8(9)13/h5-6,11H,3-4H2,1-2H3,(H3,9,10,12,13). The molecule has 0 saturated carbocycles. The molecule has 0 heterocycles. The zero-order valence-corrected chi connectivity index (χ0v) is 9.13. The Bertz CT molecular complexity index is 211. The summed E-state index contributed by atoms with van der Waals surface area (Å²) in [6.07, 6.45) is 0. The van der Waals surface area contributed by atoms with Gasteiger partial charge >= 0.3 is 6.03 Å². The molecule has 14 heavy (non-hydrogen) atoms. The molecule has 0 aliphatic heterocycles. The van der Waals surface area contributed by atoms with Crippen molar-refractivity contribution in [1.82, 2.24) is 5.32 Å². The summed E-state index contributed by atoms with van der Waals surface area (Å²) in [4.78, 5) is 21.5. The van der Waals surface area contributed by atoms with Crippen molar-refractivity contribution in [3.63, 3.8) is 0 Å². The number of imide groups is 1. The largest absolute Gasteiger partial charge is 0.396 e. The van der Waals surface area contributed by atoms with Crippen molar-refractivity contribution in [3.8, 4) is 0 Å². The second-order valence-electron chi connectivity index (χ2n) is 3.12. The third-order valence-corrected chi connectivity index (χ3v) is 3.03. The van der Waals surface area contributed by atoms with Crippen LogP contribution in [0.25, 0.3) is 0 Å². The Balaban J connectivity index is 3.78. The summed E-state index contributed by atoms with van der Waals surface area (Å²) in [6, 6.07) is -0.836. The van der Waals surface area contributed by atoms with Crippen molar-refractivity contribution >= 4 is 23.7 Å². The first-order chi connectivity index (χ1) is 6.47. The predicted molar refractivity (Wildman–Crippen MR) is 55.9 cm³/mol. The van der Waals surface area contributed by atoms with Gasteiger partial charge < -0.3 is 10.8 Å². The van der Waals surface area contributed by atoms with E-state index in [9.17, 15) is 9.59 Å².